The lowest BCUT2D eigenvalue weighted by Crippen LogP contribution is -2.02. The molecule has 4 nitrogen and oxygen atoms in total. The summed E-state index contributed by atoms with van der Waals surface area (Å²) in [5.74, 6) is 0.807. The van der Waals surface area contributed by atoms with Gasteiger partial charge in [0, 0.05) is 35.2 Å². The van der Waals surface area contributed by atoms with Crippen molar-refractivity contribution in [2.75, 3.05) is 5.73 Å². The maximum atomic E-state index is 5.75. The Labute approximate surface area is 98.7 Å². The molecule has 0 aliphatic rings. The van der Waals surface area contributed by atoms with Crippen molar-refractivity contribution in [2.45, 2.75) is 6.54 Å². The normalized spacial score (nSPS) is 10.8. The van der Waals surface area contributed by atoms with Gasteiger partial charge in [-0.25, -0.2) is 9.97 Å². The number of benzene rings is 1. The Balaban J connectivity index is 2.01. The van der Waals surface area contributed by atoms with Gasteiger partial charge in [-0.15, -0.1) is 0 Å². The molecule has 0 aliphatic carbocycles. The average molecular weight is 224 g/mol. The zero-order chi connectivity index (χ0) is 11.7. The topological polar surface area (TPSA) is 56.7 Å². The first-order valence-corrected chi connectivity index (χ1v) is 5.43. The molecule has 2 heterocycles. The number of nitrogen functional groups attached to an aromatic ring is 1. The molecule has 1 aromatic carbocycles. The van der Waals surface area contributed by atoms with Gasteiger partial charge < -0.3 is 10.3 Å². The molecular formula is C13H12N4. The first-order chi connectivity index (χ1) is 8.33. The molecule has 0 unspecified atom stereocenters. The summed E-state index contributed by atoms with van der Waals surface area (Å²) in [6.07, 6.45) is 5.54. The Morgan fingerprint density at radius 2 is 1.94 bits per heavy atom. The standard InChI is InChI=1S/C13H12N4/c14-11-2-3-12-10(8-11)4-7-17(12)9-13-15-5-1-6-16-13/h1-8H,9,14H2. The van der Waals surface area contributed by atoms with Gasteiger partial charge in [-0.1, -0.05) is 0 Å². The molecule has 3 rings (SSSR count). The number of hydrogen-bond acceptors (Lipinski definition) is 3. The molecule has 84 valence electrons. The molecule has 0 fully saturated rings. The second-order valence-electron chi connectivity index (χ2n) is 3.93. The van der Waals surface area contributed by atoms with Crippen LogP contribution >= 0.6 is 0 Å². The molecular weight excluding hydrogens is 212 g/mol. The number of hydrogen-bond donors (Lipinski definition) is 1. The summed E-state index contributed by atoms with van der Waals surface area (Å²) in [5, 5.41) is 1.14. The van der Waals surface area contributed by atoms with Crippen LogP contribution in [0.5, 0.6) is 0 Å². The number of nitrogens with two attached hydrogens (primary N) is 1. The molecule has 3 aromatic rings. The first kappa shape index (κ1) is 9.84. The average Bonchev–Trinajstić information content (AvgIpc) is 2.73. The Hall–Kier alpha value is -2.36. The highest BCUT2D eigenvalue weighted by molar-refractivity contribution is 5.83. The maximum Gasteiger partial charge on any atom is 0.147 e. The molecule has 2 N–H and O–H groups in total. The molecule has 0 saturated heterocycles. The van der Waals surface area contributed by atoms with E-state index in [-0.39, 0.29) is 0 Å². The third kappa shape index (κ3) is 1.85. The second-order valence-corrected chi connectivity index (χ2v) is 3.93. The minimum absolute atomic E-state index is 0.675. The van der Waals surface area contributed by atoms with Gasteiger partial charge in [0.1, 0.15) is 5.82 Å². The lowest BCUT2D eigenvalue weighted by Gasteiger charge is -2.04. The Bertz CT molecular complexity index is 643. The Morgan fingerprint density at radius 1 is 1.12 bits per heavy atom. The summed E-state index contributed by atoms with van der Waals surface area (Å²) in [4.78, 5) is 8.44. The van der Waals surface area contributed by atoms with Crippen molar-refractivity contribution in [1.82, 2.24) is 14.5 Å². The van der Waals surface area contributed by atoms with Crippen molar-refractivity contribution in [3.63, 3.8) is 0 Å². The van der Waals surface area contributed by atoms with Crippen LogP contribution in [0.3, 0.4) is 0 Å². The molecule has 0 spiro atoms. The molecule has 0 saturated carbocycles. The Morgan fingerprint density at radius 3 is 2.76 bits per heavy atom. The fourth-order valence-electron chi connectivity index (χ4n) is 1.92. The summed E-state index contributed by atoms with van der Waals surface area (Å²) >= 11 is 0. The first-order valence-electron chi connectivity index (χ1n) is 5.43. The molecule has 0 bridgehead atoms. The lowest BCUT2D eigenvalue weighted by atomic mass is 10.2. The molecule has 4 heteroatoms. The molecule has 2 aromatic heterocycles. The summed E-state index contributed by atoms with van der Waals surface area (Å²) in [6, 6.07) is 9.77. The predicted molar refractivity (Wildman–Crippen MR) is 67.5 cm³/mol. The van der Waals surface area contributed by atoms with Crippen LogP contribution in [0.15, 0.2) is 48.9 Å². The fraction of sp³-hybridized carbons (Fsp3) is 0.0769. The zero-order valence-electron chi connectivity index (χ0n) is 9.24. The van der Waals surface area contributed by atoms with Crippen LogP contribution in [0.4, 0.5) is 5.69 Å². The van der Waals surface area contributed by atoms with Crippen molar-refractivity contribution >= 4 is 16.6 Å². The van der Waals surface area contributed by atoms with Crippen LogP contribution in [0.1, 0.15) is 5.82 Å². The molecule has 0 amide bonds. The zero-order valence-corrected chi connectivity index (χ0v) is 9.24. The van der Waals surface area contributed by atoms with Gasteiger partial charge >= 0.3 is 0 Å². The van der Waals surface area contributed by atoms with E-state index in [1.165, 1.54) is 0 Å². The largest absolute Gasteiger partial charge is 0.399 e. The SMILES string of the molecule is Nc1ccc2c(ccn2Cc2ncccn2)c1. The van der Waals surface area contributed by atoms with E-state index >= 15 is 0 Å². The number of fused-ring (bicyclic) bond motifs is 1. The quantitative estimate of drug-likeness (QED) is 0.678. The van der Waals surface area contributed by atoms with Gasteiger partial charge in [-0.2, -0.15) is 0 Å². The second kappa shape index (κ2) is 3.90. The monoisotopic (exact) mass is 224 g/mol. The number of anilines is 1. The number of rotatable bonds is 2. The van der Waals surface area contributed by atoms with Gasteiger partial charge in [0.15, 0.2) is 0 Å². The van der Waals surface area contributed by atoms with Gasteiger partial charge in [-0.3, -0.25) is 0 Å². The Kier molecular flexibility index (Phi) is 2.26. The van der Waals surface area contributed by atoms with E-state index in [4.69, 9.17) is 5.73 Å². The van der Waals surface area contributed by atoms with Crippen molar-refractivity contribution in [1.29, 1.82) is 0 Å². The van der Waals surface area contributed by atoms with Crippen LogP contribution in [0, 0.1) is 0 Å². The van der Waals surface area contributed by atoms with Gasteiger partial charge in [-0.05, 0) is 30.3 Å². The van der Waals surface area contributed by atoms with Crippen LogP contribution < -0.4 is 5.73 Å². The van der Waals surface area contributed by atoms with Crippen LogP contribution in [0.25, 0.3) is 10.9 Å². The predicted octanol–water partition coefficient (Wildman–Crippen LogP) is 2.06. The van der Waals surface area contributed by atoms with E-state index in [9.17, 15) is 0 Å². The van der Waals surface area contributed by atoms with E-state index in [2.05, 4.69) is 20.6 Å². The molecule has 0 radical (unpaired) electrons. The van der Waals surface area contributed by atoms with Gasteiger partial charge in [0.25, 0.3) is 0 Å². The van der Waals surface area contributed by atoms with Crippen molar-refractivity contribution in [3.05, 3.63) is 54.7 Å². The van der Waals surface area contributed by atoms with E-state index in [0.717, 1.165) is 22.4 Å². The summed E-state index contributed by atoms with van der Waals surface area (Å²) in [7, 11) is 0. The van der Waals surface area contributed by atoms with Crippen LogP contribution in [0.2, 0.25) is 0 Å². The number of aromatic nitrogens is 3. The van der Waals surface area contributed by atoms with E-state index in [0.29, 0.717) is 6.54 Å². The van der Waals surface area contributed by atoms with E-state index in [1.54, 1.807) is 12.4 Å². The molecule has 0 aliphatic heterocycles. The minimum Gasteiger partial charge on any atom is -0.399 e. The third-order valence-electron chi connectivity index (χ3n) is 2.73. The number of nitrogens with zero attached hydrogens (tertiary/aromatic N) is 3. The lowest BCUT2D eigenvalue weighted by molar-refractivity contribution is 0.771. The fourth-order valence-corrected chi connectivity index (χ4v) is 1.92. The molecule has 0 atom stereocenters. The van der Waals surface area contributed by atoms with E-state index < -0.39 is 0 Å². The van der Waals surface area contributed by atoms with Crippen molar-refractivity contribution in [3.8, 4) is 0 Å². The van der Waals surface area contributed by atoms with Crippen LogP contribution in [-0.2, 0) is 6.54 Å². The summed E-state index contributed by atoms with van der Waals surface area (Å²) in [5.41, 5.74) is 7.68. The third-order valence-corrected chi connectivity index (χ3v) is 2.73. The summed E-state index contributed by atoms with van der Waals surface area (Å²) < 4.78 is 2.12. The van der Waals surface area contributed by atoms with Gasteiger partial charge in [0.2, 0.25) is 0 Å². The highest BCUT2D eigenvalue weighted by Gasteiger charge is 2.03. The maximum absolute atomic E-state index is 5.75. The van der Waals surface area contributed by atoms with Gasteiger partial charge in [0.05, 0.1) is 6.54 Å². The van der Waals surface area contributed by atoms with Crippen LogP contribution in [-0.4, -0.2) is 14.5 Å². The summed E-state index contributed by atoms with van der Waals surface area (Å²) in [6.45, 7) is 0.675. The molecule has 17 heavy (non-hydrogen) atoms. The highest BCUT2D eigenvalue weighted by atomic mass is 15.0. The van der Waals surface area contributed by atoms with Crippen molar-refractivity contribution < 1.29 is 0 Å². The smallest absolute Gasteiger partial charge is 0.147 e. The van der Waals surface area contributed by atoms with Crippen molar-refractivity contribution in [2.24, 2.45) is 0 Å². The highest BCUT2D eigenvalue weighted by Crippen LogP contribution is 2.19. The van der Waals surface area contributed by atoms with E-state index in [1.807, 2.05) is 30.5 Å². The minimum atomic E-state index is 0.675.